The minimum absolute atomic E-state index is 0.0376. The van der Waals surface area contributed by atoms with Gasteiger partial charge in [0.1, 0.15) is 11.7 Å². The van der Waals surface area contributed by atoms with Gasteiger partial charge < -0.3 is 0 Å². The summed E-state index contributed by atoms with van der Waals surface area (Å²) >= 11 is 0. The second kappa shape index (κ2) is 5.90. The molecule has 2 aliphatic carbocycles. The van der Waals surface area contributed by atoms with E-state index in [-0.39, 0.29) is 34.8 Å². The highest BCUT2D eigenvalue weighted by Crippen LogP contribution is 2.70. The highest BCUT2D eigenvalue weighted by atomic mass is 32.2. The molecule has 1 amide bonds. The first-order chi connectivity index (χ1) is 12.6. The van der Waals surface area contributed by atoms with E-state index in [2.05, 4.69) is 13.8 Å². The van der Waals surface area contributed by atoms with Crippen molar-refractivity contribution in [2.24, 2.45) is 22.7 Å². The third kappa shape index (κ3) is 2.52. The lowest BCUT2D eigenvalue weighted by Gasteiger charge is -2.37. The summed E-state index contributed by atoms with van der Waals surface area (Å²) in [5, 5.41) is 0. The average molecular weight is 390 g/mol. The Labute approximate surface area is 161 Å². The topological polar surface area (TPSA) is 71.5 Å². The van der Waals surface area contributed by atoms with Crippen LogP contribution in [0.25, 0.3) is 0 Å². The molecule has 1 saturated heterocycles. The van der Waals surface area contributed by atoms with Gasteiger partial charge in [-0.3, -0.25) is 9.59 Å². The Bertz CT molecular complexity index is 892. The van der Waals surface area contributed by atoms with E-state index in [0.29, 0.717) is 5.92 Å². The van der Waals surface area contributed by atoms with Crippen molar-refractivity contribution in [3.8, 4) is 0 Å². The van der Waals surface area contributed by atoms with Gasteiger partial charge in [-0.2, -0.15) is 0 Å². The van der Waals surface area contributed by atoms with E-state index in [4.69, 9.17) is 0 Å². The molecule has 27 heavy (non-hydrogen) atoms. The van der Waals surface area contributed by atoms with Crippen molar-refractivity contribution in [1.29, 1.82) is 0 Å². The molecule has 146 valence electrons. The van der Waals surface area contributed by atoms with Crippen molar-refractivity contribution in [3.05, 3.63) is 35.9 Å². The highest BCUT2D eigenvalue weighted by molar-refractivity contribution is 7.90. The maximum Gasteiger partial charge on any atom is 0.247 e. The molecule has 5 nitrogen and oxygen atoms in total. The highest BCUT2D eigenvalue weighted by Gasteiger charge is 2.72. The molecular formula is C21H27NO4S. The summed E-state index contributed by atoms with van der Waals surface area (Å²) in [6.07, 6.45) is 2.85. The fourth-order valence-corrected chi connectivity index (χ4v) is 8.56. The van der Waals surface area contributed by atoms with E-state index in [1.54, 1.807) is 0 Å². The van der Waals surface area contributed by atoms with E-state index in [1.165, 1.54) is 6.92 Å². The first-order valence-corrected chi connectivity index (χ1v) is 11.3. The van der Waals surface area contributed by atoms with Crippen molar-refractivity contribution < 1.29 is 18.0 Å². The van der Waals surface area contributed by atoms with Crippen LogP contribution in [0, 0.1) is 22.7 Å². The Morgan fingerprint density at radius 1 is 1.22 bits per heavy atom. The maximum atomic E-state index is 13.4. The third-order valence-electron chi connectivity index (χ3n) is 7.70. The van der Waals surface area contributed by atoms with Crippen LogP contribution in [0.2, 0.25) is 0 Å². The number of nitrogens with zero attached hydrogens (tertiary/aromatic N) is 1. The molecule has 0 N–H and O–H groups in total. The van der Waals surface area contributed by atoms with Gasteiger partial charge in [0, 0.05) is 5.41 Å². The summed E-state index contributed by atoms with van der Waals surface area (Å²) in [5.41, 5.74) is 0.413. The molecule has 0 aromatic heterocycles. The monoisotopic (exact) mass is 389 g/mol. The Balaban J connectivity index is 1.69. The number of hydrogen-bond donors (Lipinski definition) is 0. The minimum atomic E-state index is -3.70. The van der Waals surface area contributed by atoms with Gasteiger partial charge in [0.05, 0.1) is 11.8 Å². The molecule has 2 bridgehead atoms. The Morgan fingerprint density at radius 2 is 1.89 bits per heavy atom. The molecule has 1 spiro atoms. The van der Waals surface area contributed by atoms with Crippen molar-refractivity contribution in [2.45, 2.75) is 52.5 Å². The number of benzene rings is 1. The minimum Gasteiger partial charge on any atom is -0.299 e. The summed E-state index contributed by atoms with van der Waals surface area (Å²) in [4.78, 5) is 25.7. The van der Waals surface area contributed by atoms with Gasteiger partial charge in [-0.1, -0.05) is 44.2 Å². The first kappa shape index (κ1) is 18.7. The SMILES string of the molecule is CC(=O)[C@@H](Cc1ccccc1)C(=O)N1[C@@H]2C[C@H]3CC[C@]2(CS1(=O)=O)C3(C)C. The van der Waals surface area contributed by atoms with Crippen LogP contribution < -0.4 is 0 Å². The summed E-state index contributed by atoms with van der Waals surface area (Å²) in [6, 6.07) is 9.03. The summed E-state index contributed by atoms with van der Waals surface area (Å²) in [7, 11) is -3.70. The van der Waals surface area contributed by atoms with E-state index in [1.807, 2.05) is 30.3 Å². The number of rotatable bonds is 4. The lowest BCUT2D eigenvalue weighted by Crippen LogP contribution is -2.47. The number of amides is 1. The number of ketones is 1. The molecule has 1 aromatic carbocycles. The van der Waals surface area contributed by atoms with Crippen molar-refractivity contribution in [3.63, 3.8) is 0 Å². The average Bonchev–Trinajstić information content (AvgIpc) is 3.07. The third-order valence-corrected chi connectivity index (χ3v) is 9.61. The smallest absolute Gasteiger partial charge is 0.247 e. The van der Waals surface area contributed by atoms with Crippen LogP contribution in [0.1, 0.15) is 45.6 Å². The molecule has 1 aromatic rings. The molecule has 1 aliphatic heterocycles. The Kier molecular flexibility index (Phi) is 4.08. The molecule has 1 heterocycles. The van der Waals surface area contributed by atoms with Gasteiger partial charge in [0.25, 0.3) is 0 Å². The van der Waals surface area contributed by atoms with Crippen LogP contribution in [0.3, 0.4) is 0 Å². The zero-order valence-electron chi connectivity index (χ0n) is 16.1. The standard InChI is InChI=1S/C21H27NO4S/c1-14(23)17(11-15-7-5-4-6-8-15)19(24)22-18-12-16-9-10-21(18,20(16,2)3)13-27(22,25)26/h4-8,16-18H,9-13H2,1-3H3/t16-,17-,18-,21-/m1/s1. The summed E-state index contributed by atoms with van der Waals surface area (Å²) in [6.45, 7) is 5.69. The van der Waals surface area contributed by atoms with Gasteiger partial charge >= 0.3 is 0 Å². The molecule has 6 heteroatoms. The number of carbonyl (C=O) groups is 2. The second-order valence-electron chi connectivity index (χ2n) is 9.11. The maximum absolute atomic E-state index is 13.4. The normalized spacial score (nSPS) is 33.7. The van der Waals surface area contributed by atoms with E-state index in [0.717, 1.165) is 29.1 Å². The molecule has 3 fully saturated rings. The Hall–Kier alpha value is -1.69. The number of hydrogen-bond acceptors (Lipinski definition) is 4. The molecule has 3 aliphatic rings. The van der Waals surface area contributed by atoms with Crippen molar-refractivity contribution in [2.75, 3.05) is 5.75 Å². The molecule has 2 saturated carbocycles. The fourth-order valence-electron chi connectivity index (χ4n) is 5.99. The van der Waals surface area contributed by atoms with E-state index < -0.39 is 21.8 Å². The lowest BCUT2D eigenvalue weighted by atomic mass is 9.69. The largest absolute Gasteiger partial charge is 0.299 e. The lowest BCUT2D eigenvalue weighted by molar-refractivity contribution is -0.138. The molecule has 0 unspecified atom stereocenters. The van der Waals surface area contributed by atoms with Crippen LogP contribution in [0.5, 0.6) is 0 Å². The summed E-state index contributed by atoms with van der Waals surface area (Å²) < 4.78 is 27.2. The molecule has 4 atom stereocenters. The van der Waals surface area contributed by atoms with E-state index in [9.17, 15) is 18.0 Å². The summed E-state index contributed by atoms with van der Waals surface area (Å²) in [5.74, 6) is -1.27. The zero-order valence-corrected chi connectivity index (χ0v) is 17.0. The van der Waals surface area contributed by atoms with Crippen LogP contribution in [0.4, 0.5) is 0 Å². The predicted molar refractivity (Wildman–Crippen MR) is 102 cm³/mol. The molecule has 0 radical (unpaired) electrons. The van der Waals surface area contributed by atoms with Gasteiger partial charge in [-0.15, -0.1) is 0 Å². The number of Topliss-reactive ketones (excluding diaryl/α,β-unsaturated/α-hetero) is 1. The van der Waals surface area contributed by atoms with Gasteiger partial charge in [-0.05, 0) is 49.5 Å². The predicted octanol–water partition coefficient (Wildman–Crippen LogP) is 2.80. The second-order valence-corrected chi connectivity index (χ2v) is 11.0. The quantitative estimate of drug-likeness (QED) is 0.743. The van der Waals surface area contributed by atoms with Crippen LogP contribution >= 0.6 is 0 Å². The van der Waals surface area contributed by atoms with Crippen LogP contribution in [-0.2, 0) is 26.0 Å². The molecular weight excluding hydrogens is 362 g/mol. The van der Waals surface area contributed by atoms with E-state index >= 15 is 0 Å². The van der Waals surface area contributed by atoms with Gasteiger partial charge in [0.2, 0.25) is 15.9 Å². The van der Waals surface area contributed by atoms with Gasteiger partial charge in [0.15, 0.2) is 0 Å². The number of sulfonamides is 1. The first-order valence-electron chi connectivity index (χ1n) is 9.70. The van der Waals surface area contributed by atoms with Crippen molar-refractivity contribution in [1.82, 2.24) is 4.31 Å². The van der Waals surface area contributed by atoms with Crippen LogP contribution in [0.15, 0.2) is 30.3 Å². The zero-order chi connectivity index (χ0) is 19.6. The van der Waals surface area contributed by atoms with Crippen molar-refractivity contribution >= 4 is 21.7 Å². The van der Waals surface area contributed by atoms with Crippen LogP contribution in [-0.4, -0.2) is 36.2 Å². The fraction of sp³-hybridized carbons (Fsp3) is 0.619. The Morgan fingerprint density at radius 3 is 2.48 bits per heavy atom. The number of fused-ring (bicyclic) bond motifs is 1. The number of carbonyl (C=O) groups excluding carboxylic acids is 2. The van der Waals surface area contributed by atoms with Gasteiger partial charge in [-0.25, -0.2) is 12.7 Å². The molecule has 4 rings (SSSR count).